The quantitative estimate of drug-likeness (QED) is 0.894. The van der Waals surface area contributed by atoms with Crippen molar-refractivity contribution >= 4 is 11.6 Å². The van der Waals surface area contributed by atoms with Crippen molar-refractivity contribution in [1.82, 2.24) is 5.16 Å². The molecule has 4 nitrogen and oxygen atoms in total. The zero-order valence-electron chi connectivity index (χ0n) is 15.0. The third kappa shape index (κ3) is 3.23. The van der Waals surface area contributed by atoms with Gasteiger partial charge >= 0.3 is 0 Å². The van der Waals surface area contributed by atoms with Gasteiger partial charge in [0.1, 0.15) is 5.76 Å². The summed E-state index contributed by atoms with van der Waals surface area (Å²) in [5, 5.41) is 7.08. The van der Waals surface area contributed by atoms with Crippen molar-refractivity contribution in [3.05, 3.63) is 46.8 Å². The minimum Gasteiger partial charge on any atom is -0.360 e. The molecule has 0 spiro atoms. The maximum Gasteiger partial charge on any atom is 0.278 e. The van der Waals surface area contributed by atoms with E-state index in [1.54, 1.807) is 0 Å². The van der Waals surface area contributed by atoms with Crippen LogP contribution in [0.5, 0.6) is 0 Å². The molecule has 0 fully saturated rings. The summed E-state index contributed by atoms with van der Waals surface area (Å²) in [6, 6.07) is 7.88. The van der Waals surface area contributed by atoms with Crippen molar-refractivity contribution in [2.75, 3.05) is 5.32 Å². The Morgan fingerprint density at radius 3 is 2.79 bits per heavy atom. The van der Waals surface area contributed by atoms with Gasteiger partial charge in [-0.15, -0.1) is 0 Å². The molecule has 3 rings (SSSR count). The second kappa shape index (κ2) is 6.42. The lowest BCUT2D eigenvalue weighted by Gasteiger charge is -2.33. The first-order valence-corrected chi connectivity index (χ1v) is 8.76. The van der Waals surface area contributed by atoms with Gasteiger partial charge in [0.2, 0.25) is 0 Å². The van der Waals surface area contributed by atoms with Crippen LogP contribution in [0.1, 0.15) is 61.5 Å². The normalized spacial score (nSPS) is 17.4. The number of aryl methyl sites for hydroxylation is 2. The van der Waals surface area contributed by atoms with Crippen molar-refractivity contribution in [3.8, 4) is 0 Å². The number of nitrogens with zero attached hydrogens (tertiary/aromatic N) is 1. The second-order valence-electron chi connectivity index (χ2n) is 7.70. The van der Waals surface area contributed by atoms with Crippen LogP contribution in [0.2, 0.25) is 0 Å². The molecule has 0 radical (unpaired) electrons. The van der Waals surface area contributed by atoms with Gasteiger partial charge in [-0.05, 0) is 42.2 Å². The average molecular weight is 326 g/mol. The highest BCUT2D eigenvalue weighted by molar-refractivity contribution is 6.04. The van der Waals surface area contributed by atoms with Crippen LogP contribution in [0.3, 0.4) is 0 Å². The van der Waals surface area contributed by atoms with Crippen LogP contribution >= 0.6 is 0 Å². The van der Waals surface area contributed by atoms with E-state index in [0.717, 1.165) is 48.3 Å². The number of benzene rings is 1. The summed E-state index contributed by atoms with van der Waals surface area (Å²) in [7, 11) is 0. The first-order chi connectivity index (χ1) is 11.4. The number of aromatic nitrogens is 1. The number of fused-ring (bicyclic) bond motifs is 1. The molecule has 0 aliphatic heterocycles. The summed E-state index contributed by atoms with van der Waals surface area (Å²) in [6.07, 6.45) is 3.69. The molecule has 128 valence electrons. The number of carbonyl (C=O) groups excluding carboxylic acids is 1. The summed E-state index contributed by atoms with van der Waals surface area (Å²) in [5.41, 5.74) is 3.63. The van der Waals surface area contributed by atoms with Gasteiger partial charge in [-0.3, -0.25) is 4.79 Å². The maximum atomic E-state index is 12.7. The summed E-state index contributed by atoms with van der Waals surface area (Å²) >= 11 is 0. The molecule has 1 N–H and O–H groups in total. The largest absolute Gasteiger partial charge is 0.360 e. The van der Waals surface area contributed by atoms with Gasteiger partial charge < -0.3 is 9.84 Å². The number of para-hydroxylation sites is 1. The molecular formula is C20H26N2O2. The van der Waals surface area contributed by atoms with Crippen LogP contribution in [-0.4, -0.2) is 11.1 Å². The Bertz CT molecular complexity index is 740. The lowest BCUT2D eigenvalue weighted by atomic mass is 9.71. The van der Waals surface area contributed by atoms with Crippen molar-refractivity contribution in [1.29, 1.82) is 0 Å². The molecular weight excluding hydrogens is 300 g/mol. The minimum absolute atomic E-state index is 0.171. The summed E-state index contributed by atoms with van der Waals surface area (Å²) in [6.45, 7) is 8.85. The van der Waals surface area contributed by atoms with E-state index in [4.69, 9.17) is 4.52 Å². The van der Waals surface area contributed by atoms with Crippen LogP contribution in [-0.2, 0) is 19.3 Å². The number of hydrogen-bond acceptors (Lipinski definition) is 3. The van der Waals surface area contributed by atoms with Gasteiger partial charge in [0, 0.05) is 17.7 Å². The molecule has 1 aromatic carbocycles. The fraction of sp³-hybridized carbons (Fsp3) is 0.500. The van der Waals surface area contributed by atoms with Crippen molar-refractivity contribution in [2.24, 2.45) is 11.3 Å². The molecule has 4 heteroatoms. The molecule has 1 amide bonds. The smallest absolute Gasteiger partial charge is 0.278 e. The van der Waals surface area contributed by atoms with Gasteiger partial charge in [-0.25, -0.2) is 0 Å². The summed E-state index contributed by atoms with van der Waals surface area (Å²) in [5.74, 6) is 1.25. The Morgan fingerprint density at radius 1 is 1.33 bits per heavy atom. The Hall–Kier alpha value is -2.10. The average Bonchev–Trinajstić information content (AvgIpc) is 2.97. The van der Waals surface area contributed by atoms with Crippen molar-refractivity contribution < 1.29 is 9.32 Å². The first-order valence-electron chi connectivity index (χ1n) is 8.76. The van der Waals surface area contributed by atoms with E-state index in [1.807, 2.05) is 24.3 Å². The SMILES string of the molecule is CCc1ccccc1NC(=O)c1noc2c1C[C@H](C(C)(C)C)CC2. The molecule has 2 aromatic rings. The van der Waals surface area contributed by atoms with Crippen molar-refractivity contribution in [3.63, 3.8) is 0 Å². The fourth-order valence-corrected chi connectivity index (χ4v) is 3.45. The Labute approximate surface area is 143 Å². The Kier molecular flexibility index (Phi) is 4.48. The standard InChI is InChI=1S/C20H26N2O2/c1-5-13-8-6-7-9-16(13)21-19(23)18-15-12-14(20(2,3)4)10-11-17(15)24-22-18/h6-9,14H,5,10-12H2,1-4H3,(H,21,23)/t14-/m1/s1. The second-order valence-corrected chi connectivity index (χ2v) is 7.70. The molecule has 24 heavy (non-hydrogen) atoms. The lowest BCUT2D eigenvalue weighted by molar-refractivity contribution is 0.101. The van der Waals surface area contributed by atoms with Crippen LogP contribution in [0, 0.1) is 11.3 Å². The molecule has 0 saturated heterocycles. The molecule has 1 atom stereocenters. The topological polar surface area (TPSA) is 55.1 Å². The van der Waals surface area contributed by atoms with Gasteiger partial charge in [-0.1, -0.05) is 51.1 Å². The predicted octanol–water partition coefficient (Wildman–Crippen LogP) is 4.64. The highest BCUT2D eigenvalue weighted by atomic mass is 16.5. The molecule has 0 bridgehead atoms. The highest BCUT2D eigenvalue weighted by Gasteiger charge is 2.34. The monoisotopic (exact) mass is 326 g/mol. The number of nitrogens with one attached hydrogen (secondary N) is 1. The minimum atomic E-state index is -0.171. The van der Waals surface area contributed by atoms with E-state index in [2.05, 4.69) is 38.2 Å². The number of rotatable bonds is 3. The maximum absolute atomic E-state index is 12.7. The van der Waals surface area contributed by atoms with Crippen molar-refractivity contribution in [2.45, 2.75) is 53.4 Å². The molecule has 1 aliphatic carbocycles. The third-order valence-corrected chi connectivity index (χ3v) is 5.13. The van der Waals surface area contributed by atoms with Gasteiger partial charge in [0.25, 0.3) is 5.91 Å². The van der Waals surface area contributed by atoms with Gasteiger partial charge in [-0.2, -0.15) is 0 Å². The van der Waals surface area contributed by atoms with Crippen LogP contribution in [0.4, 0.5) is 5.69 Å². The fourth-order valence-electron chi connectivity index (χ4n) is 3.45. The molecule has 1 heterocycles. The Morgan fingerprint density at radius 2 is 2.08 bits per heavy atom. The van der Waals surface area contributed by atoms with Gasteiger partial charge in [0.05, 0.1) is 0 Å². The molecule has 1 aliphatic rings. The Balaban J connectivity index is 1.84. The van der Waals surface area contributed by atoms with E-state index in [-0.39, 0.29) is 11.3 Å². The van der Waals surface area contributed by atoms with Crippen LogP contribution in [0.15, 0.2) is 28.8 Å². The molecule has 0 saturated carbocycles. The summed E-state index contributed by atoms with van der Waals surface area (Å²) in [4.78, 5) is 12.7. The zero-order chi connectivity index (χ0) is 17.3. The number of amides is 1. The number of anilines is 1. The van der Waals surface area contributed by atoms with E-state index < -0.39 is 0 Å². The lowest BCUT2D eigenvalue weighted by Crippen LogP contribution is -2.27. The van der Waals surface area contributed by atoms with E-state index in [0.29, 0.717) is 11.6 Å². The van der Waals surface area contributed by atoms with E-state index in [9.17, 15) is 4.79 Å². The first kappa shape index (κ1) is 16.7. The highest BCUT2D eigenvalue weighted by Crippen LogP contribution is 2.38. The van der Waals surface area contributed by atoms with Crippen LogP contribution in [0.25, 0.3) is 0 Å². The van der Waals surface area contributed by atoms with Gasteiger partial charge in [0.15, 0.2) is 5.69 Å². The molecule has 1 aromatic heterocycles. The van der Waals surface area contributed by atoms with Crippen LogP contribution < -0.4 is 5.32 Å². The zero-order valence-corrected chi connectivity index (χ0v) is 15.0. The van der Waals surface area contributed by atoms with E-state index in [1.165, 1.54) is 0 Å². The number of carbonyl (C=O) groups is 1. The van der Waals surface area contributed by atoms with E-state index >= 15 is 0 Å². The number of hydrogen-bond donors (Lipinski definition) is 1. The summed E-state index contributed by atoms with van der Waals surface area (Å²) < 4.78 is 5.45. The molecule has 0 unspecified atom stereocenters. The predicted molar refractivity (Wildman–Crippen MR) is 95.2 cm³/mol. The third-order valence-electron chi connectivity index (χ3n) is 5.13.